The second-order valence-electron chi connectivity index (χ2n) is 12.1. The fraction of sp³-hybridized carbons (Fsp3) is 0.581. The average molecular weight is 556 g/mol. The van der Waals surface area contributed by atoms with Crippen molar-refractivity contribution in [3.8, 4) is 0 Å². The molecular weight excluding hydrogens is 506 g/mol. The first-order valence-electron chi connectivity index (χ1n) is 14.1. The van der Waals surface area contributed by atoms with Gasteiger partial charge in [-0.3, -0.25) is 9.69 Å². The number of carbonyl (C=O) groups is 1. The number of rotatable bonds is 8. The van der Waals surface area contributed by atoms with Crippen LogP contribution in [-0.2, 0) is 11.5 Å². The van der Waals surface area contributed by atoms with E-state index in [1.165, 1.54) is 0 Å². The van der Waals surface area contributed by atoms with Crippen molar-refractivity contribution in [1.82, 2.24) is 24.8 Å². The Hall–Kier alpha value is -2.26. The molecule has 2 aromatic heterocycles. The van der Waals surface area contributed by atoms with Gasteiger partial charge >= 0.3 is 0 Å². The molecule has 1 aliphatic carbocycles. The number of aromatic nitrogens is 3. The van der Waals surface area contributed by atoms with Crippen LogP contribution in [0.5, 0.6) is 0 Å². The predicted molar refractivity (Wildman–Crippen MR) is 168 cm³/mol. The lowest BCUT2D eigenvalue weighted by Gasteiger charge is -2.39. The minimum Gasteiger partial charge on any atom is -0.360 e. The summed E-state index contributed by atoms with van der Waals surface area (Å²) in [4.78, 5) is 25.7. The highest BCUT2D eigenvalue weighted by molar-refractivity contribution is 8.32. The van der Waals surface area contributed by atoms with Crippen LogP contribution in [0.1, 0.15) is 57.6 Å². The number of hydrogen-bond acceptors (Lipinski definition) is 6. The molecule has 0 spiro atoms. The first-order chi connectivity index (χ1) is 18.4. The molecule has 0 radical (unpaired) electrons. The molecular formula is C31H49N5O2S. The van der Waals surface area contributed by atoms with Crippen LogP contribution in [0.3, 0.4) is 0 Å². The lowest BCUT2D eigenvalue weighted by molar-refractivity contribution is 0.0852. The molecule has 0 aromatic carbocycles. The van der Waals surface area contributed by atoms with Crippen molar-refractivity contribution in [3.63, 3.8) is 0 Å². The van der Waals surface area contributed by atoms with Crippen molar-refractivity contribution in [2.45, 2.75) is 53.8 Å². The highest BCUT2D eigenvalue weighted by atomic mass is 32.3. The van der Waals surface area contributed by atoms with Gasteiger partial charge in [-0.05, 0) is 25.7 Å². The van der Waals surface area contributed by atoms with Crippen LogP contribution in [0.2, 0.25) is 0 Å². The molecule has 1 N–H and O–H groups in total. The Morgan fingerprint density at radius 1 is 1.15 bits per heavy atom. The number of nitrogens with one attached hydrogen (secondary N) is 1. The van der Waals surface area contributed by atoms with Crippen LogP contribution in [0.15, 0.2) is 42.8 Å². The van der Waals surface area contributed by atoms with E-state index in [0.717, 1.165) is 43.2 Å². The third kappa shape index (κ3) is 7.91. The van der Waals surface area contributed by atoms with Gasteiger partial charge in [-0.25, -0.2) is 20.0 Å². The van der Waals surface area contributed by atoms with E-state index < -0.39 is 15.4 Å². The Kier molecular flexibility index (Phi) is 10.4. The van der Waals surface area contributed by atoms with E-state index in [9.17, 15) is 4.79 Å². The van der Waals surface area contributed by atoms with E-state index in [2.05, 4.69) is 66.3 Å². The molecule has 8 heteroatoms. The number of nitrogens with zero attached hydrogens (tertiary/aromatic N) is 4. The van der Waals surface area contributed by atoms with Gasteiger partial charge in [0.2, 0.25) is 0 Å². The smallest absolute Gasteiger partial charge is 0.171 e. The van der Waals surface area contributed by atoms with E-state index in [0.29, 0.717) is 30.1 Å². The summed E-state index contributed by atoms with van der Waals surface area (Å²) in [5.74, 6) is 1.09. The summed E-state index contributed by atoms with van der Waals surface area (Å²) in [6.07, 6.45) is 21.3. The topological polar surface area (TPSA) is 72.3 Å². The van der Waals surface area contributed by atoms with E-state index >= 15 is 0 Å². The Morgan fingerprint density at radius 3 is 2.49 bits per heavy atom. The average Bonchev–Trinajstić information content (AvgIpc) is 3.13. The van der Waals surface area contributed by atoms with Crippen molar-refractivity contribution in [2.24, 2.45) is 5.41 Å². The number of ether oxygens (including phenoxy) is 1. The molecule has 4 rings (SSSR count). The SMILES string of the molecule is CC.CC(C)(C)C(=O)c1cn(COCCS(C)(C)C)c2ncc(C3=CC=CC(C)(N4CCNCC4)C=C3)nc12. The third-order valence-electron chi connectivity index (χ3n) is 6.97. The second-order valence-corrected chi connectivity index (χ2v) is 16.7. The summed E-state index contributed by atoms with van der Waals surface area (Å²) in [6, 6.07) is 0. The lowest BCUT2D eigenvalue weighted by Crippen LogP contribution is -2.53. The Bertz CT molecular complexity index is 1230. The van der Waals surface area contributed by atoms with E-state index in [1.807, 2.05) is 45.4 Å². The van der Waals surface area contributed by atoms with Crippen LogP contribution < -0.4 is 5.32 Å². The lowest BCUT2D eigenvalue weighted by atomic mass is 9.87. The van der Waals surface area contributed by atoms with Gasteiger partial charge in [-0.2, -0.15) is 0 Å². The van der Waals surface area contributed by atoms with Crippen LogP contribution in [-0.4, -0.2) is 88.1 Å². The maximum absolute atomic E-state index is 13.4. The van der Waals surface area contributed by atoms with Crippen LogP contribution >= 0.6 is 10.0 Å². The van der Waals surface area contributed by atoms with Gasteiger partial charge in [0.15, 0.2) is 11.4 Å². The zero-order valence-corrected chi connectivity index (χ0v) is 26.3. The van der Waals surface area contributed by atoms with Crippen LogP contribution in [0.25, 0.3) is 16.7 Å². The maximum atomic E-state index is 13.4. The molecule has 0 bridgehead atoms. The Morgan fingerprint density at radius 2 is 1.85 bits per heavy atom. The normalized spacial score (nSPS) is 20.8. The molecule has 1 fully saturated rings. The largest absolute Gasteiger partial charge is 0.360 e. The molecule has 216 valence electrons. The molecule has 1 unspecified atom stereocenters. The quantitative estimate of drug-likeness (QED) is 0.341. The number of fused-ring (bicyclic) bond motifs is 1. The van der Waals surface area contributed by atoms with Crippen molar-refractivity contribution >= 4 is 32.5 Å². The molecule has 39 heavy (non-hydrogen) atoms. The summed E-state index contributed by atoms with van der Waals surface area (Å²) in [5, 5.41) is 3.43. The van der Waals surface area contributed by atoms with Gasteiger partial charge in [-0.1, -0.05) is 65.0 Å². The highest BCUT2D eigenvalue weighted by Gasteiger charge is 2.30. The molecule has 1 aliphatic heterocycles. The number of hydrogen-bond donors (Lipinski definition) is 1. The standard InChI is InChI=1S/C29H43N5O2S.C2H6/c1-28(2,3)26(35)23-20-33(21-36-17-18-37(5,6)7)27-25(23)32-24(19-31-27)22-9-8-11-29(4,12-10-22)34-15-13-30-14-16-34;1-2/h8-12,19-20,30H,13-18,21H2,1-7H3;1-2H3. The minimum absolute atomic E-state index is 0.0541. The van der Waals surface area contributed by atoms with Crippen molar-refractivity contribution in [3.05, 3.63) is 54.0 Å². The van der Waals surface area contributed by atoms with E-state index in [4.69, 9.17) is 14.7 Å². The highest BCUT2D eigenvalue weighted by Crippen LogP contribution is 2.34. The number of Topliss-reactive ketones (excluding diaryl/α,β-unsaturated/α-hetero) is 1. The third-order valence-corrected chi connectivity index (χ3v) is 8.36. The molecule has 0 amide bonds. The summed E-state index contributed by atoms with van der Waals surface area (Å²) in [7, 11) is -0.626. The van der Waals surface area contributed by atoms with Gasteiger partial charge in [0.05, 0.1) is 29.6 Å². The fourth-order valence-electron chi connectivity index (χ4n) is 4.58. The number of ketones is 1. The van der Waals surface area contributed by atoms with E-state index in [1.54, 1.807) is 6.20 Å². The molecule has 1 atom stereocenters. The number of carbonyl (C=O) groups excluding carboxylic acids is 1. The number of piperazine rings is 1. The molecule has 1 saturated heterocycles. The van der Waals surface area contributed by atoms with Crippen molar-refractivity contribution < 1.29 is 9.53 Å². The molecule has 7 nitrogen and oxygen atoms in total. The molecule has 3 heterocycles. The fourth-order valence-corrected chi connectivity index (χ4v) is 5.19. The summed E-state index contributed by atoms with van der Waals surface area (Å²) >= 11 is 0. The molecule has 0 saturated carbocycles. The first kappa shape index (κ1) is 31.3. The van der Waals surface area contributed by atoms with Gasteiger partial charge in [0.1, 0.15) is 12.2 Å². The van der Waals surface area contributed by atoms with Gasteiger partial charge < -0.3 is 14.6 Å². The molecule has 2 aliphatic rings. The second kappa shape index (κ2) is 12.9. The van der Waals surface area contributed by atoms with Crippen molar-refractivity contribution in [2.75, 3.05) is 57.3 Å². The predicted octanol–water partition coefficient (Wildman–Crippen LogP) is 5.53. The molecule has 2 aromatic rings. The monoisotopic (exact) mass is 555 g/mol. The van der Waals surface area contributed by atoms with E-state index in [-0.39, 0.29) is 11.3 Å². The Balaban J connectivity index is 0.00000205. The maximum Gasteiger partial charge on any atom is 0.171 e. The Labute approximate surface area is 237 Å². The zero-order chi connectivity index (χ0) is 28.8. The summed E-state index contributed by atoms with van der Waals surface area (Å²) in [6.45, 7) is 17.1. The summed E-state index contributed by atoms with van der Waals surface area (Å²) < 4.78 is 7.91. The van der Waals surface area contributed by atoms with Gasteiger partial charge in [-0.15, -0.1) is 0 Å². The van der Waals surface area contributed by atoms with Gasteiger partial charge in [0, 0.05) is 49.1 Å². The first-order valence-corrected chi connectivity index (χ1v) is 17.1. The van der Waals surface area contributed by atoms with Crippen LogP contribution in [0.4, 0.5) is 0 Å². The summed E-state index contributed by atoms with van der Waals surface area (Å²) in [5.41, 5.74) is 2.98. The number of allylic oxidation sites excluding steroid dienone is 4. The van der Waals surface area contributed by atoms with Crippen LogP contribution in [0, 0.1) is 5.41 Å². The zero-order valence-electron chi connectivity index (χ0n) is 25.5. The minimum atomic E-state index is -0.626. The van der Waals surface area contributed by atoms with Crippen molar-refractivity contribution in [1.29, 1.82) is 0 Å². The van der Waals surface area contributed by atoms with Gasteiger partial charge in [0.25, 0.3) is 0 Å².